The van der Waals surface area contributed by atoms with E-state index in [-0.39, 0.29) is 11.7 Å². The molecule has 1 heterocycles. The molecule has 4 saturated carbocycles. The third-order valence-corrected chi connectivity index (χ3v) is 11.7. The van der Waals surface area contributed by atoms with E-state index in [1.165, 1.54) is 51.4 Å². The number of benzene rings is 1. The third kappa shape index (κ3) is 3.81. The van der Waals surface area contributed by atoms with Crippen LogP contribution in [0.4, 0.5) is 0 Å². The van der Waals surface area contributed by atoms with E-state index in [1.54, 1.807) is 18.2 Å². The SMILES string of the molecule is CC12CCC3C(C(O)CC4CCCCC43C)C1CCC2CCCc1nc2c(Cl)cccc2c(=O)o1. The second-order valence-electron chi connectivity index (χ2n) is 12.8. The molecule has 1 N–H and O–H groups in total. The highest BCUT2D eigenvalue weighted by Gasteiger charge is 2.61. The van der Waals surface area contributed by atoms with Gasteiger partial charge in [0.25, 0.3) is 0 Å². The maximum Gasteiger partial charge on any atom is 0.346 e. The van der Waals surface area contributed by atoms with Crippen LogP contribution in [0.2, 0.25) is 5.02 Å². The Morgan fingerprint density at radius 2 is 1.91 bits per heavy atom. The average molecular weight is 498 g/mol. The lowest BCUT2D eigenvalue weighted by Crippen LogP contribution is -2.57. The molecular formula is C30H40ClNO3. The van der Waals surface area contributed by atoms with E-state index in [9.17, 15) is 9.90 Å². The number of aliphatic hydroxyl groups excluding tert-OH is 1. The molecule has 0 radical (unpaired) electrons. The number of aromatic nitrogens is 1. The van der Waals surface area contributed by atoms with Crippen LogP contribution in [0.1, 0.15) is 90.4 Å². The number of hydrogen-bond donors (Lipinski definition) is 1. The van der Waals surface area contributed by atoms with E-state index in [1.807, 2.05) is 0 Å². The molecule has 0 saturated heterocycles. The number of aryl methyl sites for hydroxylation is 1. The molecule has 2 aromatic rings. The van der Waals surface area contributed by atoms with Gasteiger partial charge >= 0.3 is 5.63 Å². The van der Waals surface area contributed by atoms with Crippen LogP contribution in [0.15, 0.2) is 27.4 Å². The van der Waals surface area contributed by atoms with Crippen LogP contribution in [0.25, 0.3) is 10.9 Å². The molecule has 190 valence electrons. The number of fused-ring (bicyclic) bond motifs is 6. The fraction of sp³-hybridized carbons (Fsp3) is 0.733. The predicted molar refractivity (Wildman–Crippen MR) is 139 cm³/mol. The maximum absolute atomic E-state index is 12.4. The summed E-state index contributed by atoms with van der Waals surface area (Å²) in [7, 11) is 0. The van der Waals surface area contributed by atoms with Crippen molar-refractivity contribution in [3.63, 3.8) is 0 Å². The normalized spacial score (nSPS) is 40.8. The molecule has 35 heavy (non-hydrogen) atoms. The number of hydrogen-bond acceptors (Lipinski definition) is 4. The summed E-state index contributed by atoms with van der Waals surface area (Å²) in [5.41, 5.74) is 0.968. The predicted octanol–water partition coefficient (Wildman–Crippen LogP) is 7.18. The smallest absolute Gasteiger partial charge is 0.346 e. The minimum absolute atomic E-state index is 0.111. The summed E-state index contributed by atoms with van der Waals surface area (Å²) in [5, 5.41) is 12.4. The van der Waals surface area contributed by atoms with Crippen molar-refractivity contribution < 1.29 is 9.52 Å². The van der Waals surface area contributed by atoms with Gasteiger partial charge in [-0.25, -0.2) is 9.78 Å². The molecule has 8 unspecified atom stereocenters. The van der Waals surface area contributed by atoms with Crippen molar-refractivity contribution >= 4 is 22.5 Å². The molecule has 6 rings (SSSR count). The number of para-hydroxylation sites is 1. The third-order valence-electron chi connectivity index (χ3n) is 11.4. The van der Waals surface area contributed by atoms with Crippen LogP contribution in [0.3, 0.4) is 0 Å². The lowest BCUT2D eigenvalue weighted by Gasteiger charge is -2.62. The first-order valence-corrected chi connectivity index (χ1v) is 14.5. The van der Waals surface area contributed by atoms with Gasteiger partial charge in [0.05, 0.1) is 22.0 Å². The molecule has 0 amide bonds. The second-order valence-corrected chi connectivity index (χ2v) is 13.2. The molecule has 4 nitrogen and oxygen atoms in total. The van der Waals surface area contributed by atoms with E-state index in [2.05, 4.69) is 18.8 Å². The van der Waals surface area contributed by atoms with Crippen LogP contribution in [0.5, 0.6) is 0 Å². The fourth-order valence-electron chi connectivity index (χ4n) is 9.55. The minimum atomic E-state index is -0.348. The Balaban J connectivity index is 1.16. The van der Waals surface area contributed by atoms with Crippen molar-refractivity contribution in [2.45, 2.75) is 97.0 Å². The Morgan fingerprint density at radius 1 is 1.09 bits per heavy atom. The summed E-state index contributed by atoms with van der Waals surface area (Å²) in [6, 6.07) is 5.24. The molecule has 0 bridgehead atoms. The average Bonchev–Trinajstić information content (AvgIpc) is 3.16. The summed E-state index contributed by atoms with van der Waals surface area (Å²) < 4.78 is 5.53. The first-order valence-electron chi connectivity index (χ1n) is 14.1. The largest absolute Gasteiger partial charge is 0.408 e. The Hall–Kier alpha value is -1.39. The molecular weight excluding hydrogens is 458 g/mol. The molecule has 0 aliphatic heterocycles. The van der Waals surface area contributed by atoms with Crippen molar-refractivity contribution in [3.05, 3.63) is 39.5 Å². The van der Waals surface area contributed by atoms with Crippen LogP contribution in [-0.4, -0.2) is 16.2 Å². The van der Waals surface area contributed by atoms with Crippen molar-refractivity contribution in [3.8, 4) is 0 Å². The highest BCUT2D eigenvalue weighted by atomic mass is 35.5. The molecule has 4 aliphatic carbocycles. The van der Waals surface area contributed by atoms with E-state index in [0.29, 0.717) is 62.7 Å². The summed E-state index contributed by atoms with van der Waals surface area (Å²) in [5.74, 6) is 3.74. The lowest BCUT2D eigenvalue weighted by molar-refractivity contribution is -0.162. The number of nitrogens with zero attached hydrogens (tertiary/aromatic N) is 1. The fourth-order valence-corrected chi connectivity index (χ4v) is 9.76. The Bertz CT molecular complexity index is 1160. The first kappa shape index (κ1) is 24.0. The van der Waals surface area contributed by atoms with Gasteiger partial charge in [-0.3, -0.25) is 0 Å². The van der Waals surface area contributed by atoms with Crippen molar-refractivity contribution in [2.75, 3.05) is 0 Å². The number of aliphatic hydroxyl groups is 1. The van der Waals surface area contributed by atoms with Crippen molar-refractivity contribution in [2.24, 2.45) is 40.4 Å². The Kier molecular flexibility index (Phi) is 6.08. The maximum atomic E-state index is 12.4. The van der Waals surface area contributed by atoms with Gasteiger partial charge in [-0.15, -0.1) is 0 Å². The van der Waals surface area contributed by atoms with Gasteiger partial charge in [0, 0.05) is 6.42 Å². The Labute approximate surface area is 213 Å². The van der Waals surface area contributed by atoms with E-state index >= 15 is 0 Å². The van der Waals surface area contributed by atoms with E-state index in [0.717, 1.165) is 25.2 Å². The number of halogens is 1. The summed E-state index contributed by atoms with van der Waals surface area (Å²) >= 11 is 6.29. The van der Waals surface area contributed by atoms with Crippen LogP contribution >= 0.6 is 11.6 Å². The van der Waals surface area contributed by atoms with Crippen LogP contribution < -0.4 is 5.63 Å². The number of rotatable bonds is 4. The molecule has 1 aromatic heterocycles. The minimum Gasteiger partial charge on any atom is -0.408 e. The van der Waals surface area contributed by atoms with Crippen molar-refractivity contribution in [1.29, 1.82) is 0 Å². The first-order chi connectivity index (χ1) is 16.8. The van der Waals surface area contributed by atoms with Crippen LogP contribution in [0, 0.1) is 40.4 Å². The van der Waals surface area contributed by atoms with Crippen molar-refractivity contribution in [1.82, 2.24) is 4.98 Å². The molecule has 5 heteroatoms. The van der Waals surface area contributed by atoms with Gasteiger partial charge in [0.2, 0.25) is 0 Å². The lowest BCUT2D eigenvalue weighted by atomic mass is 9.44. The zero-order chi connectivity index (χ0) is 24.4. The molecule has 8 atom stereocenters. The van der Waals surface area contributed by atoms with E-state index < -0.39 is 0 Å². The van der Waals surface area contributed by atoms with Gasteiger partial charge in [-0.05, 0) is 110 Å². The molecule has 4 fully saturated rings. The van der Waals surface area contributed by atoms with Crippen LogP contribution in [-0.2, 0) is 6.42 Å². The molecule has 0 spiro atoms. The Morgan fingerprint density at radius 3 is 2.77 bits per heavy atom. The highest BCUT2D eigenvalue weighted by Crippen LogP contribution is 2.67. The topological polar surface area (TPSA) is 63.3 Å². The van der Waals surface area contributed by atoms with Gasteiger partial charge in [-0.2, -0.15) is 0 Å². The zero-order valence-corrected chi connectivity index (χ0v) is 22.0. The second kappa shape index (κ2) is 8.87. The van der Waals surface area contributed by atoms with Gasteiger partial charge in [0.1, 0.15) is 0 Å². The van der Waals surface area contributed by atoms with Gasteiger partial charge in [-0.1, -0.05) is 44.4 Å². The monoisotopic (exact) mass is 497 g/mol. The highest BCUT2D eigenvalue weighted by molar-refractivity contribution is 6.34. The summed E-state index contributed by atoms with van der Waals surface area (Å²) in [4.78, 5) is 17.0. The van der Waals surface area contributed by atoms with Gasteiger partial charge in [0.15, 0.2) is 5.89 Å². The van der Waals surface area contributed by atoms with Gasteiger partial charge < -0.3 is 9.52 Å². The van der Waals surface area contributed by atoms with E-state index in [4.69, 9.17) is 16.0 Å². The summed E-state index contributed by atoms with van der Waals surface area (Å²) in [6.45, 7) is 5.10. The quantitative estimate of drug-likeness (QED) is 0.485. The molecule has 4 aliphatic rings. The summed E-state index contributed by atoms with van der Waals surface area (Å²) in [6.07, 6.45) is 14.2. The standard InChI is InChI=1S/C30H40ClNO3/c1-29-15-4-3-7-19(29)17-24(33)26-21-13-12-18(30(21,2)16-14-22(26)29)8-5-11-25-32-27-20(28(34)35-25)9-6-10-23(27)31/h6,9-10,18-19,21-22,24,26,33H,3-5,7-8,11-17H2,1-2H3. The zero-order valence-electron chi connectivity index (χ0n) is 21.3. The molecule has 1 aromatic carbocycles.